The van der Waals surface area contributed by atoms with Gasteiger partial charge >= 0.3 is 5.97 Å². The molecular weight excluding hydrogens is 454 g/mol. The van der Waals surface area contributed by atoms with Crippen LogP contribution in [0.25, 0.3) is 11.4 Å². The maximum atomic E-state index is 13.0. The standard InChI is InChI=1S/C22H24ClN3O5S/c1-22(2,3)16-9-6-14(7-10-16)20-24-19(31-25-20)13-26(4)32(28,29)18-12-15(21(27)30-5)8-11-17(18)23/h6-12H,13H2,1-5H3. The maximum absolute atomic E-state index is 13.0. The Labute approximate surface area is 192 Å². The lowest BCUT2D eigenvalue weighted by atomic mass is 9.87. The van der Waals surface area contributed by atoms with Crippen LogP contribution in [0.15, 0.2) is 51.9 Å². The number of halogens is 1. The van der Waals surface area contributed by atoms with E-state index in [9.17, 15) is 13.2 Å². The highest BCUT2D eigenvalue weighted by molar-refractivity contribution is 7.89. The van der Waals surface area contributed by atoms with Gasteiger partial charge in [0.2, 0.25) is 21.7 Å². The number of hydrogen-bond donors (Lipinski definition) is 0. The molecule has 0 saturated carbocycles. The number of rotatable bonds is 6. The van der Waals surface area contributed by atoms with Crippen LogP contribution in [0.1, 0.15) is 42.6 Å². The molecule has 0 amide bonds. The molecule has 0 aliphatic carbocycles. The Bertz CT molecular complexity index is 1230. The summed E-state index contributed by atoms with van der Waals surface area (Å²) in [4.78, 5) is 15.9. The van der Waals surface area contributed by atoms with E-state index >= 15 is 0 Å². The van der Waals surface area contributed by atoms with E-state index in [4.69, 9.17) is 16.1 Å². The molecule has 10 heteroatoms. The lowest BCUT2D eigenvalue weighted by molar-refractivity contribution is 0.0600. The van der Waals surface area contributed by atoms with E-state index in [1.807, 2.05) is 24.3 Å². The van der Waals surface area contributed by atoms with Crippen molar-refractivity contribution in [2.24, 2.45) is 0 Å². The van der Waals surface area contributed by atoms with Crippen LogP contribution in [0.4, 0.5) is 0 Å². The van der Waals surface area contributed by atoms with Crippen LogP contribution >= 0.6 is 11.6 Å². The fourth-order valence-corrected chi connectivity index (χ4v) is 4.56. The fourth-order valence-electron chi connectivity index (χ4n) is 2.94. The van der Waals surface area contributed by atoms with Gasteiger partial charge in [-0.25, -0.2) is 13.2 Å². The molecule has 0 saturated heterocycles. The Kier molecular flexibility index (Phi) is 6.73. The summed E-state index contributed by atoms with van der Waals surface area (Å²) in [5, 5.41) is 3.94. The number of sulfonamides is 1. The molecular formula is C22H24ClN3O5S. The van der Waals surface area contributed by atoms with E-state index in [1.165, 1.54) is 37.9 Å². The van der Waals surface area contributed by atoms with Gasteiger partial charge in [-0.15, -0.1) is 0 Å². The van der Waals surface area contributed by atoms with Crippen LogP contribution in [0.3, 0.4) is 0 Å². The minimum atomic E-state index is -4.04. The Morgan fingerprint density at radius 2 is 1.81 bits per heavy atom. The number of esters is 1. The van der Waals surface area contributed by atoms with Crippen molar-refractivity contribution >= 4 is 27.6 Å². The summed E-state index contributed by atoms with van der Waals surface area (Å²) in [5.41, 5.74) is 2.02. The first kappa shape index (κ1) is 23.9. The second kappa shape index (κ2) is 9.01. The molecule has 1 aromatic heterocycles. The summed E-state index contributed by atoms with van der Waals surface area (Å²) < 4.78 is 37.0. The third kappa shape index (κ3) is 5.01. The van der Waals surface area contributed by atoms with Crippen molar-refractivity contribution in [3.05, 3.63) is 64.5 Å². The molecule has 170 valence electrons. The Hall–Kier alpha value is -2.75. The minimum absolute atomic E-state index is 0.0183. The zero-order valence-electron chi connectivity index (χ0n) is 18.4. The molecule has 0 atom stereocenters. The summed E-state index contributed by atoms with van der Waals surface area (Å²) >= 11 is 6.10. The highest BCUT2D eigenvalue weighted by Gasteiger charge is 2.27. The fraction of sp³-hybridized carbons (Fsp3) is 0.318. The molecule has 0 fully saturated rings. The number of benzene rings is 2. The molecule has 0 N–H and O–H groups in total. The molecule has 0 radical (unpaired) electrons. The molecule has 32 heavy (non-hydrogen) atoms. The average molecular weight is 478 g/mol. The van der Waals surface area contributed by atoms with E-state index in [2.05, 4.69) is 35.6 Å². The third-order valence-corrected chi connectivity index (χ3v) is 7.16. The number of hydrogen-bond acceptors (Lipinski definition) is 7. The summed E-state index contributed by atoms with van der Waals surface area (Å²) in [7, 11) is -1.47. The molecule has 0 aliphatic rings. The average Bonchev–Trinajstić information content (AvgIpc) is 3.21. The van der Waals surface area contributed by atoms with Crippen LogP contribution < -0.4 is 0 Å². The van der Waals surface area contributed by atoms with Crippen molar-refractivity contribution in [3.8, 4) is 11.4 Å². The first-order valence-electron chi connectivity index (χ1n) is 9.71. The van der Waals surface area contributed by atoms with Crippen LogP contribution in [0.5, 0.6) is 0 Å². The van der Waals surface area contributed by atoms with Gasteiger partial charge in [0, 0.05) is 12.6 Å². The van der Waals surface area contributed by atoms with Gasteiger partial charge in [-0.3, -0.25) is 0 Å². The molecule has 3 rings (SSSR count). The van der Waals surface area contributed by atoms with Crippen LogP contribution in [-0.2, 0) is 26.7 Å². The van der Waals surface area contributed by atoms with E-state index in [1.54, 1.807) is 0 Å². The van der Waals surface area contributed by atoms with Crippen LogP contribution in [0, 0.1) is 0 Å². The molecule has 2 aromatic carbocycles. The quantitative estimate of drug-likeness (QED) is 0.488. The van der Waals surface area contributed by atoms with Crippen molar-refractivity contribution in [1.82, 2.24) is 14.4 Å². The van der Waals surface area contributed by atoms with Crippen LogP contribution in [0.2, 0.25) is 5.02 Å². The zero-order valence-corrected chi connectivity index (χ0v) is 20.0. The lowest BCUT2D eigenvalue weighted by Gasteiger charge is -2.18. The zero-order chi connectivity index (χ0) is 23.7. The van der Waals surface area contributed by atoms with Gasteiger partial charge in [-0.2, -0.15) is 9.29 Å². The highest BCUT2D eigenvalue weighted by atomic mass is 35.5. The maximum Gasteiger partial charge on any atom is 0.337 e. The first-order chi connectivity index (χ1) is 14.9. The predicted molar refractivity (Wildman–Crippen MR) is 120 cm³/mol. The lowest BCUT2D eigenvalue weighted by Crippen LogP contribution is -2.27. The van der Waals surface area contributed by atoms with Crippen molar-refractivity contribution in [3.63, 3.8) is 0 Å². The molecule has 0 unspecified atom stereocenters. The number of carbonyl (C=O) groups is 1. The van der Waals surface area contributed by atoms with Gasteiger partial charge in [-0.1, -0.05) is 61.8 Å². The van der Waals surface area contributed by atoms with E-state index in [0.29, 0.717) is 5.82 Å². The van der Waals surface area contributed by atoms with E-state index in [-0.39, 0.29) is 33.3 Å². The van der Waals surface area contributed by atoms with Gasteiger partial charge < -0.3 is 9.26 Å². The third-order valence-electron chi connectivity index (χ3n) is 4.88. The number of aromatic nitrogens is 2. The number of carbonyl (C=O) groups excluding carboxylic acids is 1. The predicted octanol–water partition coefficient (Wildman–Crippen LogP) is 4.29. The second-order valence-electron chi connectivity index (χ2n) is 8.24. The van der Waals surface area contributed by atoms with Crippen molar-refractivity contribution in [2.75, 3.05) is 14.2 Å². The minimum Gasteiger partial charge on any atom is -0.465 e. The second-order valence-corrected chi connectivity index (χ2v) is 10.7. The molecule has 0 bridgehead atoms. The van der Waals surface area contributed by atoms with Gasteiger partial charge in [0.05, 0.1) is 24.2 Å². The normalized spacial score (nSPS) is 12.2. The number of nitrogens with zero attached hydrogens (tertiary/aromatic N) is 3. The summed E-state index contributed by atoms with van der Waals surface area (Å²) in [5.74, 6) is -0.192. The Morgan fingerprint density at radius 3 is 2.41 bits per heavy atom. The van der Waals surface area contributed by atoms with Crippen LogP contribution in [-0.4, -0.2) is 43.0 Å². The molecule has 3 aromatic rings. The summed E-state index contributed by atoms with van der Waals surface area (Å²) in [6, 6.07) is 11.7. The monoisotopic (exact) mass is 477 g/mol. The largest absolute Gasteiger partial charge is 0.465 e. The summed E-state index contributed by atoms with van der Waals surface area (Å²) in [6.45, 7) is 6.20. The number of ether oxygens (including phenoxy) is 1. The summed E-state index contributed by atoms with van der Waals surface area (Å²) in [6.07, 6.45) is 0. The molecule has 0 aliphatic heterocycles. The van der Waals surface area contributed by atoms with E-state index < -0.39 is 16.0 Å². The molecule has 8 nitrogen and oxygen atoms in total. The van der Waals surface area contributed by atoms with Crippen molar-refractivity contribution < 1.29 is 22.5 Å². The van der Waals surface area contributed by atoms with Crippen molar-refractivity contribution in [2.45, 2.75) is 37.6 Å². The SMILES string of the molecule is COC(=O)c1ccc(Cl)c(S(=O)(=O)N(C)Cc2nc(-c3ccc(C(C)(C)C)cc3)no2)c1. The van der Waals surface area contributed by atoms with Gasteiger partial charge in [0.25, 0.3) is 0 Å². The Morgan fingerprint density at radius 1 is 1.16 bits per heavy atom. The Balaban J connectivity index is 1.81. The van der Waals surface area contributed by atoms with E-state index in [0.717, 1.165) is 9.87 Å². The topological polar surface area (TPSA) is 103 Å². The van der Waals surface area contributed by atoms with Crippen molar-refractivity contribution in [1.29, 1.82) is 0 Å². The molecule has 0 spiro atoms. The van der Waals surface area contributed by atoms with Gasteiger partial charge in [0.1, 0.15) is 4.90 Å². The highest BCUT2D eigenvalue weighted by Crippen LogP contribution is 2.28. The van der Waals surface area contributed by atoms with Gasteiger partial charge in [-0.05, 0) is 29.2 Å². The molecule has 1 heterocycles. The number of methoxy groups -OCH3 is 1. The van der Waals surface area contributed by atoms with Gasteiger partial charge in [0.15, 0.2) is 0 Å². The first-order valence-corrected chi connectivity index (χ1v) is 11.5. The smallest absolute Gasteiger partial charge is 0.337 e.